The fourth-order valence-corrected chi connectivity index (χ4v) is 1.49. The van der Waals surface area contributed by atoms with Crippen LogP contribution in [0.4, 0.5) is 18.9 Å². The second kappa shape index (κ2) is 6.21. The SMILES string of the molecule is CCC(C)(CO)NC(=O)c1ccc(OC(F)(F)F)c(N)c1. The number of benzene rings is 1. The first-order valence-corrected chi connectivity index (χ1v) is 6.19. The van der Waals surface area contributed by atoms with Gasteiger partial charge < -0.3 is 20.9 Å². The maximum absolute atomic E-state index is 12.1. The topological polar surface area (TPSA) is 84.6 Å². The Bertz CT molecular complexity index is 514. The summed E-state index contributed by atoms with van der Waals surface area (Å²) >= 11 is 0. The van der Waals surface area contributed by atoms with Crippen molar-refractivity contribution < 1.29 is 27.8 Å². The summed E-state index contributed by atoms with van der Waals surface area (Å²) in [6.07, 6.45) is -4.37. The van der Waals surface area contributed by atoms with Crippen LogP contribution < -0.4 is 15.8 Å². The number of rotatable bonds is 5. The minimum atomic E-state index is -4.85. The number of nitrogens with two attached hydrogens (primary N) is 1. The van der Waals surface area contributed by atoms with Crippen molar-refractivity contribution in [3.8, 4) is 5.75 Å². The van der Waals surface area contributed by atoms with Gasteiger partial charge in [-0.25, -0.2) is 0 Å². The van der Waals surface area contributed by atoms with Crippen molar-refractivity contribution in [1.82, 2.24) is 5.32 Å². The van der Waals surface area contributed by atoms with Crippen LogP contribution in [0.3, 0.4) is 0 Å². The first-order chi connectivity index (χ1) is 9.60. The number of nitrogens with one attached hydrogen (secondary N) is 1. The van der Waals surface area contributed by atoms with Crippen molar-refractivity contribution in [2.24, 2.45) is 0 Å². The Kier molecular flexibility index (Phi) is 5.06. The summed E-state index contributed by atoms with van der Waals surface area (Å²) in [5, 5.41) is 11.8. The molecule has 0 aromatic heterocycles. The van der Waals surface area contributed by atoms with Crippen molar-refractivity contribution in [3.63, 3.8) is 0 Å². The average molecular weight is 306 g/mol. The third kappa shape index (κ3) is 4.82. The molecule has 0 aliphatic rings. The Hall–Kier alpha value is -1.96. The van der Waals surface area contributed by atoms with Crippen molar-refractivity contribution in [1.29, 1.82) is 0 Å². The summed E-state index contributed by atoms with van der Waals surface area (Å²) in [5.41, 5.74) is 4.40. The van der Waals surface area contributed by atoms with Gasteiger partial charge in [0.1, 0.15) is 0 Å². The monoisotopic (exact) mass is 306 g/mol. The number of alkyl halides is 3. The van der Waals surface area contributed by atoms with E-state index in [0.717, 1.165) is 12.1 Å². The van der Waals surface area contributed by atoms with Crippen LogP contribution >= 0.6 is 0 Å². The molecule has 1 unspecified atom stereocenters. The third-order valence-electron chi connectivity index (χ3n) is 3.04. The van der Waals surface area contributed by atoms with Crippen LogP contribution in [0.1, 0.15) is 30.6 Å². The van der Waals surface area contributed by atoms with Gasteiger partial charge in [0.05, 0.1) is 17.8 Å². The number of hydrogen-bond acceptors (Lipinski definition) is 4. The molecule has 0 saturated heterocycles. The van der Waals surface area contributed by atoms with Gasteiger partial charge in [0.2, 0.25) is 0 Å². The zero-order chi connectivity index (χ0) is 16.3. The number of amides is 1. The molecule has 8 heteroatoms. The number of aliphatic hydroxyl groups is 1. The highest BCUT2D eigenvalue weighted by Crippen LogP contribution is 2.29. The quantitative estimate of drug-likeness (QED) is 0.727. The van der Waals surface area contributed by atoms with E-state index in [1.807, 2.05) is 0 Å². The highest BCUT2D eigenvalue weighted by molar-refractivity contribution is 5.96. The van der Waals surface area contributed by atoms with Gasteiger partial charge in [-0.15, -0.1) is 13.2 Å². The fraction of sp³-hybridized carbons (Fsp3) is 0.462. The Balaban J connectivity index is 2.91. The highest BCUT2D eigenvalue weighted by Gasteiger charge is 2.32. The minimum absolute atomic E-state index is 0.0788. The van der Waals surface area contributed by atoms with Crippen LogP contribution in [-0.4, -0.2) is 29.5 Å². The van der Waals surface area contributed by atoms with Crippen LogP contribution in [0.2, 0.25) is 0 Å². The van der Waals surface area contributed by atoms with Gasteiger partial charge >= 0.3 is 6.36 Å². The zero-order valence-electron chi connectivity index (χ0n) is 11.6. The normalized spacial score (nSPS) is 14.4. The van der Waals surface area contributed by atoms with Crippen LogP contribution in [-0.2, 0) is 0 Å². The van der Waals surface area contributed by atoms with Crippen LogP contribution in [0.5, 0.6) is 5.75 Å². The molecule has 5 nitrogen and oxygen atoms in total. The summed E-state index contributed by atoms with van der Waals surface area (Å²) in [4.78, 5) is 12.0. The van der Waals surface area contributed by atoms with E-state index in [2.05, 4.69) is 10.1 Å². The molecule has 0 radical (unpaired) electrons. The molecule has 118 valence electrons. The Morgan fingerprint density at radius 1 is 1.43 bits per heavy atom. The molecule has 0 saturated carbocycles. The number of carbonyl (C=O) groups is 1. The molecule has 0 fully saturated rings. The Morgan fingerprint density at radius 3 is 2.48 bits per heavy atom. The average Bonchev–Trinajstić information content (AvgIpc) is 2.39. The fourth-order valence-electron chi connectivity index (χ4n) is 1.49. The first kappa shape index (κ1) is 17.1. The molecule has 4 N–H and O–H groups in total. The lowest BCUT2D eigenvalue weighted by molar-refractivity contribution is -0.274. The molecule has 1 aromatic rings. The second-order valence-corrected chi connectivity index (χ2v) is 4.83. The summed E-state index contributed by atoms with van der Waals surface area (Å²) in [6, 6.07) is 3.23. The molecular weight excluding hydrogens is 289 g/mol. The summed E-state index contributed by atoms with van der Waals surface area (Å²) in [7, 11) is 0. The molecule has 0 aliphatic carbocycles. The van der Waals surface area contributed by atoms with Crippen molar-refractivity contribution in [2.45, 2.75) is 32.2 Å². The predicted octanol–water partition coefficient (Wildman–Crippen LogP) is 2.06. The lowest BCUT2D eigenvalue weighted by Crippen LogP contribution is -2.48. The van der Waals surface area contributed by atoms with Crippen LogP contribution in [0.25, 0.3) is 0 Å². The van der Waals surface area contributed by atoms with Gasteiger partial charge in [0, 0.05) is 5.56 Å². The molecule has 0 bridgehead atoms. The maximum Gasteiger partial charge on any atom is 0.573 e. The molecule has 1 aromatic carbocycles. The van der Waals surface area contributed by atoms with Crippen LogP contribution in [0, 0.1) is 0 Å². The maximum atomic E-state index is 12.1. The lowest BCUT2D eigenvalue weighted by Gasteiger charge is -2.27. The summed E-state index contributed by atoms with van der Waals surface area (Å²) < 4.78 is 40.0. The van der Waals surface area contributed by atoms with E-state index in [0.29, 0.717) is 6.42 Å². The summed E-state index contributed by atoms with van der Waals surface area (Å²) in [6.45, 7) is 3.17. The zero-order valence-corrected chi connectivity index (χ0v) is 11.6. The largest absolute Gasteiger partial charge is 0.573 e. The van der Waals surface area contributed by atoms with Crippen molar-refractivity contribution >= 4 is 11.6 Å². The summed E-state index contributed by atoms with van der Waals surface area (Å²) in [5.74, 6) is -1.11. The molecule has 0 spiro atoms. The van der Waals surface area contributed by atoms with E-state index in [-0.39, 0.29) is 17.9 Å². The highest BCUT2D eigenvalue weighted by atomic mass is 19.4. The molecule has 0 heterocycles. The molecule has 1 amide bonds. The van der Waals surface area contributed by atoms with Gasteiger partial charge in [-0.1, -0.05) is 6.92 Å². The van der Waals surface area contributed by atoms with Gasteiger partial charge in [-0.3, -0.25) is 4.79 Å². The Labute approximate surface area is 119 Å². The van der Waals surface area contributed by atoms with Gasteiger partial charge in [0.15, 0.2) is 5.75 Å². The number of ether oxygens (including phenoxy) is 1. The van der Waals surface area contributed by atoms with E-state index in [1.165, 1.54) is 6.07 Å². The van der Waals surface area contributed by atoms with Gasteiger partial charge in [0.25, 0.3) is 5.91 Å². The van der Waals surface area contributed by atoms with E-state index in [1.54, 1.807) is 13.8 Å². The van der Waals surface area contributed by atoms with E-state index in [4.69, 9.17) is 5.73 Å². The lowest BCUT2D eigenvalue weighted by atomic mass is 9.99. The molecule has 1 rings (SSSR count). The second-order valence-electron chi connectivity index (χ2n) is 4.83. The number of nitrogen functional groups attached to an aromatic ring is 1. The minimum Gasteiger partial charge on any atom is -0.404 e. The molecule has 0 aliphatic heterocycles. The number of aliphatic hydroxyl groups excluding tert-OH is 1. The molecule has 1 atom stereocenters. The molecule has 21 heavy (non-hydrogen) atoms. The number of halogens is 3. The van der Waals surface area contributed by atoms with Crippen molar-refractivity contribution in [3.05, 3.63) is 23.8 Å². The van der Waals surface area contributed by atoms with E-state index >= 15 is 0 Å². The smallest absolute Gasteiger partial charge is 0.404 e. The standard InChI is InChI=1S/C13H17F3N2O3/c1-3-12(2,7-19)18-11(20)8-4-5-10(9(17)6-8)21-13(14,15)16/h4-6,19H,3,7,17H2,1-2H3,(H,18,20). The number of anilines is 1. The molecular formula is C13H17F3N2O3. The number of hydrogen-bond donors (Lipinski definition) is 3. The third-order valence-corrected chi connectivity index (χ3v) is 3.04. The van der Waals surface area contributed by atoms with Gasteiger partial charge in [-0.05, 0) is 31.5 Å². The number of carbonyl (C=O) groups excluding carboxylic acids is 1. The van der Waals surface area contributed by atoms with E-state index < -0.39 is 23.6 Å². The first-order valence-electron chi connectivity index (χ1n) is 6.19. The van der Waals surface area contributed by atoms with Crippen molar-refractivity contribution in [2.75, 3.05) is 12.3 Å². The van der Waals surface area contributed by atoms with E-state index in [9.17, 15) is 23.1 Å². The van der Waals surface area contributed by atoms with Crippen LogP contribution in [0.15, 0.2) is 18.2 Å². The predicted molar refractivity (Wildman–Crippen MR) is 70.8 cm³/mol. The Morgan fingerprint density at radius 2 is 2.05 bits per heavy atom. The van der Waals surface area contributed by atoms with Gasteiger partial charge in [-0.2, -0.15) is 0 Å².